The van der Waals surface area contributed by atoms with Crippen molar-refractivity contribution in [2.24, 2.45) is 0 Å². The number of carbonyl (C=O) groups is 1. The zero-order valence-electron chi connectivity index (χ0n) is 12.4. The maximum absolute atomic E-state index is 11.9. The van der Waals surface area contributed by atoms with Gasteiger partial charge in [-0.1, -0.05) is 46.8 Å². The molecule has 1 heterocycles. The third-order valence-corrected chi connectivity index (χ3v) is 5.49. The molecule has 122 valence electrons. The van der Waals surface area contributed by atoms with Gasteiger partial charge in [0.2, 0.25) is 11.0 Å². The van der Waals surface area contributed by atoms with Crippen molar-refractivity contribution in [2.75, 3.05) is 17.6 Å². The van der Waals surface area contributed by atoms with Crippen LogP contribution in [0.3, 0.4) is 0 Å². The molecular formula is C15H17ClN4OS2. The molecular weight excluding hydrogens is 352 g/mol. The maximum Gasteiger partial charge on any atom is 0.230 e. The summed E-state index contributed by atoms with van der Waals surface area (Å²) in [5, 5.41) is 15.9. The minimum absolute atomic E-state index is 0.00364. The second kappa shape index (κ2) is 7.99. The summed E-state index contributed by atoms with van der Waals surface area (Å²) in [4.78, 5) is 11.9. The van der Waals surface area contributed by atoms with Gasteiger partial charge in [-0.15, -0.1) is 10.2 Å². The van der Waals surface area contributed by atoms with Gasteiger partial charge in [0.25, 0.3) is 0 Å². The van der Waals surface area contributed by atoms with E-state index in [9.17, 15) is 4.79 Å². The first-order valence-corrected chi connectivity index (χ1v) is 9.61. The van der Waals surface area contributed by atoms with E-state index >= 15 is 0 Å². The Morgan fingerprint density at radius 1 is 1.39 bits per heavy atom. The van der Waals surface area contributed by atoms with Gasteiger partial charge in [0.05, 0.1) is 5.75 Å². The molecule has 0 radical (unpaired) electrons. The molecule has 5 nitrogen and oxygen atoms in total. The predicted molar refractivity (Wildman–Crippen MR) is 95.4 cm³/mol. The quantitative estimate of drug-likeness (QED) is 0.700. The van der Waals surface area contributed by atoms with Gasteiger partial charge in [0.1, 0.15) is 0 Å². The Balaban J connectivity index is 1.35. The Hall–Kier alpha value is -1.31. The third-order valence-electron chi connectivity index (χ3n) is 3.26. The van der Waals surface area contributed by atoms with E-state index in [1.165, 1.54) is 35.9 Å². The van der Waals surface area contributed by atoms with E-state index in [1.807, 2.05) is 24.3 Å². The molecule has 0 unspecified atom stereocenters. The molecule has 1 aromatic carbocycles. The van der Waals surface area contributed by atoms with E-state index in [1.54, 1.807) is 0 Å². The van der Waals surface area contributed by atoms with Crippen LogP contribution in [0.5, 0.6) is 0 Å². The molecule has 2 N–H and O–H groups in total. The van der Waals surface area contributed by atoms with Crippen LogP contribution in [0.4, 0.5) is 5.13 Å². The van der Waals surface area contributed by atoms with Crippen molar-refractivity contribution in [1.29, 1.82) is 0 Å². The average molecular weight is 369 g/mol. The first-order chi connectivity index (χ1) is 11.2. The number of halogens is 1. The molecule has 1 aliphatic carbocycles. The highest BCUT2D eigenvalue weighted by Crippen LogP contribution is 2.29. The van der Waals surface area contributed by atoms with Gasteiger partial charge < -0.3 is 10.6 Å². The first-order valence-electron chi connectivity index (χ1n) is 7.43. The minimum atomic E-state index is 0.00364. The van der Waals surface area contributed by atoms with Crippen LogP contribution in [0.2, 0.25) is 5.02 Å². The van der Waals surface area contributed by atoms with E-state index in [0.717, 1.165) is 26.5 Å². The molecule has 23 heavy (non-hydrogen) atoms. The number of aromatic nitrogens is 2. The van der Waals surface area contributed by atoms with Gasteiger partial charge in [-0.3, -0.25) is 4.79 Å². The van der Waals surface area contributed by atoms with E-state index in [4.69, 9.17) is 11.6 Å². The number of rotatable bonds is 8. The van der Waals surface area contributed by atoms with Crippen LogP contribution >= 0.6 is 34.7 Å². The lowest BCUT2D eigenvalue weighted by molar-refractivity contribution is -0.118. The number of nitrogens with zero attached hydrogens (tertiary/aromatic N) is 2. The average Bonchev–Trinajstić information content (AvgIpc) is 3.22. The van der Waals surface area contributed by atoms with Crippen LogP contribution in [0.15, 0.2) is 28.6 Å². The fourth-order valence-electron chi connectivity index (χ4n) is 1.95. The van der Waals surface area contributed by atoms with Crippen LogP contribution < -0.4 is 10.6 Å². The Morgan fingerprint density at radius 2 is 2.26 bits per heavy atom. The number of amides is 1. The first kappa shape index (κ1) is 16.5. The molecule has 1 saturated carbocycles. The number of benzene rings is 1. The summed E-state index contributed by atoms with van der Waals surface area (Å²) in [5.41, 5.74) is 1.12. The lowest BCUT2D eigenvalue weighted by Crippen LogP contribution is -2.27. The lowest BCUT2D eigenvalue weighted by atomic mass is 10.1. The van der Waals surface area contributed by atoms with Crippen LogP contribution in [0, 0.1) is 0 Å². The van der Waals surface area contributed by atoms with Crippen LogP contribution in [-0.2, 0) is 11.2 Å². The Labute approximate surface area is 148 Å². The van der Waals surface area contributed by atoms with Crippen molar-refractivity contribution in [3.63, 3.8) is 0 Å². The largest absolute Gasteiger partial charge is 0.357 e. The normalized spacial score (nSPS) is 13.8. The van der Waals surface area contributed by atoms with Crippen LogP contribution in [-0.4, -0.2) is 34.4 Å². The molecule has 0 bridgehead atoms. The molecule has 1 aliphatic rings. The van der Waals surface area contributed by atoms with Gasteiger partial charge in [-0.25, -0.2) is 0 Å². The van der Waals surface area contributed by atoms with Crippen molar-refractivity contribution in [3.05, 3.63) is 34.9 Å². The molecule has 0 saturated heterocycles. The lowest BCUT2D eigenvalue weighted by Gasteiger charge is -2.04. The summed E-state index contributed by atoms with van der Waals surface area (Å²) in [6, 6.07) is 8.24. The SMILES string of the molecule is O=C(CSc1nnc(NC2CC2)s1)NCCc1cccc(Cl)c1. The monoisotopic (exact) mass is 368 g/mol. The number of nitrogens with one attached hydrogen (secondary N) is 2. The van der Waals surface area contributed by atoms with E-state index in [0.29, 0.717) is 18.3 Å². The van der Waals surface area contributed by atoms with Crippen LogP contribution in [0.25, 0.3) is 0 Å². The molecule has 0 spiro atoms. The van der Waals surface area contributed by atoms with Crippen LogP contribution in [0.1, 0.15) is 18.4 Å². The van der Waals surface area contributed by atoms with Gasteiger partial charge in [-0.2, -0.15) is 0 Å². The number of carbonyl (C=O) groups excluding carboxylic acids is 1. The van der Waals surface area contributed by atoms with Crippen molar-refractivity contribution in [2.45, 2.75) is 29.6 Å². The summed E-state index contributed by atoms with van der Waals surface area (Å²) in [6.45, 7) is 0.602. The Kier molecular flexibility index (Phi) is 5.75. The van der Waals surface area contributed by atoms with E-state index in [-0.39, 0.29) is 5.91 Å². The highest BCUT2D eigenvalue weighted by Gasteiger charge is 2.22. The van der Waals surface area contributed by atoms with Gasteiger partial charge in [0, 0.05) is 17.6 Å². The molecule has 1 fully saturated rings. The second-order valence-electron chi connectivity index (χ2n) is 5.31. The summed E-state index contributed by atoms with van der Waals surface area (Å²) in [5.74, 6) is 0.358. The van der Waals surface area contributed by atoms with Gasteiger partial charge in [0.15, 0.2) is 4.34 Å². The molecule has 1 amide bonds. The molecule has 2 aromatic rings. The van der Waals surface area contributed by atoms with Crippen molar-refractivity contribution < 1.29 is 4.79 Å². The highest BCUT2D eigenvalue weighted by molar-refractivity contribution is 8.01. The molecule has 3 rings (SSSR count). The number of hydrogen-bond donors (Lipinski definition) is 2. The predicted octanol–water partition coefficient (Wildman–Crippen LogP) is 3.22. The van der Waals surface area contributed by atoms with E-state index in [2.05, 4.69) is 20.8 Å². The number of thioether (sulfide) groups is 1. The van der Waals surface area contributed by atoms with Crippen molar-refractivity contribution in [1.82, 2.24) is 15.5 Å². The molecule has 1 aromatic heterocycles. The summed E-state index contributed by atoms with van der Waals surface area (Å²) >= 11 is 8.85. The third kappa shape index (κ3) is 5.67. The zero-order chi connectivity index (χ0) is 16.1. The number of anilines is 1. The highest BCUT2D eigenvalue weighted by atomic mass is 35.5. The van der Waals surface area contributed by atoms with Gasteiger partial charge in [-0.05, 0) is 37.0 Å². The Bertz CT molecular complexity index is 675. The van der Waals surface area contributed by atoms with Gasteiger partial charge >= 0.3 is 0 Å². The summed E-state index contributed by atoms with van der Waals surface area (Å²) in [6.07, 6.45) is 3.18. The smallest absolute Gasteiger partial charge is 0.230 e. The fraction of sp³-hybridized carbons (Fsp3) is 0.400. The Morgan fingerprint density at radius 3 is 3.04 bits per heavy atom. The molecule has 0 aliphatic heterocycles. The molecule has 0 atom stereocenters. The number of hydrogen-bond acceptors (Lipinski definition) is 6. The van der Waals surface area contributed by atoms with Crippen molar-refractivity contribution >= 4 is 45.7 Å². The topological polar surface area (TPSA) is 66.9 Å². The van der Waals surface area contributed by atoms with E-state index < -0.39 is 0 Å². The van der Waals surface area contributed by atoms with Crippen molar-refractivity contribution in [3.8, 4) is 0 Å². The molecule has 8 heteroatoms. The standard InChI is InChI=1S/C15H17ClN4OS2/c16-11-3-1-2-10(8-11)6-7-17-13(21)9-22-15-20-19-14(23-15)18-12-4-5-12/h1-3,8,12H,4-7,9H2,(H,17,21)(H,18,19). The second-order valence-corrected chi connectivity index (χ2v) is 7.95. The fourth-order valence-corrected chi connectivity index (χ4v) is 3.82. The maximum atomic E-state index is 11.9. The minimum Gasteiger partial charge on any atom is -0.357 e. The summed E-state index contributed by atoms with van der Waals surface area (Å²) in [7, 11) is 0. The zero-order valence-corrected chi connectivity index (χ0v) is 14.8. The summed E-state index contributed by atoms with van der Waals surface area (Å²) < 4.78 is 0.818.